The first-order valence-corrected chi connectivity index (χ1v) is 8.51. The first-order chi connectivity index (χ1) is 11.9. The van der Waals surface area contributed by atoms with Gasteiger partial charge in [-0.05, 0) is 24.5 Å². The predicted octanol–water partition coefficient (Wildman–Crippen LogP) is 2.54. The van der Waals surface area contributed by atoms with Gasteiger partial charge in [0.2, 0.25) is 0 Å². The number of nitrogens with one attached hydrogen (secondary N) is 3. The number of benzene rings is 1. The maximum atomic E-state index is 12.2. The summed E-state index contributed by atoms with van der Waals surface area (Å²) in [7, 11) is 0. The van der Waals surface area contributed by atoms with Crippen molar-refractivity contribution in [3.8, 4) is 0 Å². The third-order valence-electron chi connectivity index (χ3n) is 3.25. The molecule has 0 bridgehead atoms. The van der Waals surface area contributed by atoms with Crippen molar-refractivity contribution < 1.29 is 19.1 Å². The van der Waals surface area contributed by atoms with E-state index in [0.29, 0.717) is 17.8 Å². The lowest BCUT2D eigenvalue weighted by Crippen LogP contribution is -2.42. The van der Waals surface area contributed by atoms with E-state index in [9.17, 15) is 14.4 Å². The average molecular weight is 349 g/mol. The number of carbonyl (C=O) groups is 3. The summed E-state index contributed by atoms with van der Waals surface area (Å²) in [5, 5.41) is 7.84. The SMILES string of the molecule is CCCCNc1ccccc1C(=O)OCC(=O)NC(=O)NCC(C)C. The molecule has 0 fully saturated rings. The minimum absolute atomic E-state index is 0.274. The first kappa shape index (κ1) is 20.5. The van der Waals surface area contributed by atoms with E-state index in [1.54, 1.807) is 18.2 Å². The van der Waals surface area contributed by atoms with Crippen LogP contribution in [0.5, 0.6) is 0 Å². The molecule has 1 rings (SSSR count). The fourth-order valence-corrected chi connectivity index (χ4v) is 1.93. The quantitative estimate of drug-likeness (QED) is 0.470. The van der Waals surface area contributed by atoms with Gasteiger partial charge in [0.05, 0.1) is 5.56 Å². The highest BCUT2D eigenvalue weighted by Gasteiger charge is 2.15. The van der Waals surface area contributed by atoms with Gasteiger partial charge in [0.25, 0.3) is 5.91 Å². The van der Waals surface area contributed by atoms with Gasteiger partial charge in [-0.3, -0.25) is 10.1 Å². The number of anilines is 1. The number of hydrogen-bond acceptors (Lipinski definition) is 5. The Labute approximate surface area is 148 Å². The number of para-hydroxylation sites is 1. The van der Waals surface area contributed by atoms with Gasteiger partial charge in [-0.25, -0.2) is 9.59 Å². The zero-order valence-electron chi connectivity index (χ0n) is 15.1. The highest BCUT2D eigenvalue weighted by Crippen LogP contribution is 2.16. The van der Waals surface area contributed by atoms with Crippen LogP contribution in [0, 0.1) is 5.92 Å². The Hall–Kier alpha value is -2.57. The highest BCUT2D eigenvalue weighted by atomic mass is 16.5. The van der Waals surface area contributed by atoms with Crippen molar-refractivity contribution in [1.29, 1.82) is 0 Å². The Bertz CT molecular complexity index is 587. The monoisotopic (exact) mass is 349 g/mol. The molecule has 0 aliphatic carbocycles. The lowest BCUT2D eigenvalue weighted by Gasteiger charge is -2.12. The Morgan fingerprint density at radius 3 is 2.56 bits per heavy atom. The van der Waals surface area contributed by atoms with Gasteiger partial charge in [0.1, 0.15) is 0 Å². The van der Waals surface area contributed by atoms with Crippen molar-refractivity contribution in [1.82, 2.24) is 10.6 Å². The van der Waals surface area contributed by atoms with Crippen LogP contribution in [0.1, 0.15) is 44.0 Å². The molecule has 1 aromatic carbocycles. The Balaban J connectivity index is 2.48. The Kier molecular flexibility index (Phi) is 9.06. The molecule has 138 valence electrons. The van der Waals surface area contributed by atoms with Gasteiger partial charge in [-0.15, -0.1) is 0 Å². The number of imide groups is 1. The van der Waals surface area contributed by atoms with Crippen molar-refractivity contribution >= 4 is 23.6 Å². The summed E-state index contributed by atoms with van der Waals surface area (Å²) >= 11 is 0. The van der Waals surface area contributed by atoms with Crippen LogP contribution in [-0.2, 0) is 9.53 Å². The number of amides is 3. The Morgan fingerprint density at radius 1 is 1.16 bits per heavy atom. The van der Waals surface area contributed by atoms with Crippen LogP contribution < -0.4 is 16.0 Å². The smallest absolute Gasteiger partial charge is 0.340 e. The topological polar surface area (TPSA) is 96.5 Å². The second kappa shape index (κ2) is 11.1. The lowest BCUT2D eigenvalue weighted by atomic mass is 10.1. The number of rotatable bonds is 9. The van der Waals surface area contributed by atoms with E-state index in [4.69, 9.17) is 4.74 Å². The van der Waals surface area contributed by atoms with Crippen LogP contribution >= 0.6 is 0 Å². The van der Waals surface area contributed by atoms with Crippen molar-refractivity contribution in [3.05, 3.63) is 29.8 Å². The average Bonchev–Trinajstić information content (AvgIpc) is 2.58. The summed E-state index contributed by atoms with van der Waals surface area (Å²) in [5.74, 6) is -1.02. The molecule has 3 N–H and O–H groups in total. The number of carbonyl (C=O) groups excluding carboxylic acids is 3. The standard InChI is InChI=1S/C18H27N3O4/c1-4-5-10-19-15-9-7-6-8-14(15)17(23)25-12-16(22)21-18(24)20-11-13(2)3/h6-9,13,19H,4-5,10-12H2,1-3H3,(H2,20,21,22,24). The van der Waals surface area contributed by atoms with E-state index in [1.165, 1.54) is 0 Å². The van der Waals surface area contributed by atoms with Crippen LogP contribution in [0.2, 0.25) is 0 Å². The van der Waals surface area contributed by atoms with E-state index >= 15 is 0 Å². The van der Waals surface area contributed by atoms with Gasteiger partial charge in [-0.2, -0.15) is 0 Å². The molecule has 0 spiro atoms. The number of hydrogen-bond donors (Lipinski definition) is 3. The predicted molar refractivity (Wildman–Crippen MR) is 96.5 cm³/mol. The van der Waals surface area contributed by atoms with Crippen LogP contribution in [0.3, 0.4) is 0 Å². The van der Waals surface area contributed by atoms with Crippen LogP contribution in [-0.4, -0.2) is 37.6 Å². The third-order valence-corrected chi connectivity index (χ3v) is 3.25. The normalized spacial score (nSPS) is 10.2. The number of ether oxygens (including phenoxy) is 1. The summed E-state index contributed by atoms with van der Waals surface area (Å²) < 4.78 is 4.99. The fourth-order valence-electron chi connectivity index (χ4n) is 1.93. The molecule has 0 heterocycles. The van der Waals surface area contributed by atoms with Crippen molar-refractivity contribution in [3.63, 3.8) is 0 Å². The maximum absolute atomic E-state index is 12.2. The fraction of sp³-hybridized carbons (Fsp3) is 0.500. The maximum Gasteiger partial charge on any atom is 0.340 e. The molecule has 7 heteroatoms. The molecule has 0 aromatic heterocycles. The number of urea groups is 1. The molecule has 0 radical (unpaired) electrons. The summed E-state index contributed by atoms with van der Waals surface area (Å²) in [6.45, 7) is 6.65. The molecule has 3 amide bonds. The molecule has 0 atom stereocenters. The number of esters is 1. The van der Waals surface area contributed by atoms with Gasteiger partial charge >= 0.3 is 12.0 Å². The van der Waals surface area contributed by atoms with Crippen LogP contribution in [0.15, 0.2) is 24.3 Å². The summed E-state index contributed by atoms with van der Waals surface area (Å²) in [5.41, 5.74) is 1.02. The molecule has 0 unspecified atom stereocenters. The molecule has 1 aromatic rings. The third kappa shape index (κ3) is 8.19. The molecular formula is C18H27N3O4. The van der Waals surface area contributed by atoms with E-state index < -0.39 is 24.5 Å². The lowest BCUT2D eigenvalue weighted by molar-refractivity contribution is -0.123. The summed E-state index contributed by atoms with van der Waals surface area (Å²) in [6, 6.07) is 6.35. The van der Waals surface area contributed by atoms with Crippen molar-refractivity contribution in [2.24, 2.45) is 5.92 Å². The van der Waals surface area contributed by atoms with Gasteiger partial charge in [-0.1, -0.05) is 39.3 Å². The molecule has 0 saturated carbocycles. The van der Waals surface area contributed by atoms with Crippen molar-refractivity contribution in [2.75, 3.05) is 25.0 Å². The molecule has 7 nitrogen and oxygen atoms in total. The molecule has 0 aliphatic rings. The van der Waals surface area contributed by atoms with Crippen LogP contribution in [0.25, 0.3) is 0 Å². The van der Waals surface area contributed by atoms with E-state index in [2.05, 4.69) is 22.9 Å². The minimum atomic E-state index is -0.675. The summed E-state index contributed by atoms with van der Waals surface area (Å²) in [6.07, 6.45) is 2.02. The van der Waals surface area contributed by atoms with Gasteiger partial charge < -0.3 is 15.4 Å². The van der Waals surface area contributed by atoms with Gasteiger partial charge in [0.15, 0.2) is 6.61 Å². The number of unbranched alkanes of at least 4 members (excludes halogenated alkanes) is 1. The van der Waals surface area contributed by atoms with Gasteiger partial charge in [0, 0.05) is 18.8 Å². The van der Waals surface area contributed by atoms with Crippen molar-refractivity contribution in [2.45, 2.75) is 33.6 Å². The Morgan fingerprint density at radius 2 is 1.88 bits per heavy atom. The van der Waals surface area contributed by atoms with E-state index in [-0.39, 0.29) is 5.92 Å². The molecule has 25 heavy (non-hydrogen) atoms. The molecule has 0 saturated heterocycles. The largest absolute Gasteiger partial charge is 0.452 e. The summed E-state index contributed by atoms with van der Waals surface area (Å²) in [4.78, 5) is 35.3. The van der Waals surface area contributed by atoms with E-state index in [1.807, 2.05) is 19.9 Å². The molecule has 0 aliphatic heterocycles. The van der Waals surface area contributed by atoms with E-state index in [0.717, 1.165) is 19.4 Å². The second-order valence-corrected chi connectivity index (χ2v) is 6.05. The highest BCUT2D eigenvalue weighted by molar-refractivity contribution is 5.99. The second-order valence-electron chi connectivity index (χ2n) is 6.05. The zero-order chi connectivity index (χ0) is 18.7. The van der Waals surface area contributed by atoms with Crippen LogP contribution in [0.4, 0.5) is 10.5 Å². The zero-order valence-corrected chi connectivity index (χ0v) is 15.1. The minimum Gasteiger partial charge on any atom is -0.452 e. The first-order valence-electron chi connectivity index (χ1n) is 8.51. The molecular weight excluding hydrogens is 322 g/mol.